The number of rotatable bonds is 4. The van der Waals surface area contributed by atoms with Crippen LogP contribution in [0, 0.1) is 5.92 Å². The molecule has 2 aliphatic heterocycles. The maximum Gasteiger partial charge on any atom is 0.247 e. The number of hydrogen-bond acceptors (Lipinski definition) is 4. The van der Waals surface area contributed by atoms with Crippen molar-refractivity contribution in [1.29, 1.82) is 0 Å². The Bertz CT molecular complexity index is 460. The maximum absolute atomic E-state index is 12.7. The quantitative estimate of drug-likeness (QED) is 0.834. The van der Waals surface area contributed by atoms with Crippen LogP contribution < -0.4 is 0 Å². The van der Waals surface area contributed by atoms with E-state index in [1.165, 1.54) is 0 Å². The van der Waals surface area contributed by atoms with Gasteiger partial charge in [0.15, 0.2) is 0 Å². The third kappa shape index (κ3) is 3.53. The molecule has 23 heavy (non-hydrogen) atoms. The van der Waals surface area contributed by atoms with Crippen molar-refractivity contribution in [3.05, 3.63) is 0 Å². The van der Waals surface area contributed by atoms with Gasteiger partial charge < -0.3 is 14.9 Å². The number of fused-ring (bicyclic) bond motifs is 1. The molecular formula is C17H31N3O3. The van der Waals surface area contributed by atoms with E-state index in [1.807, 2.05) is 4.90 Å². The summed E-state index contributed by atoms with van der Waals surface area (Å²) in [5, 5.41) is 9.76. The summed E-state index contributed by atoms with van der Waals surface area (Å²) in [7, 11) is 0. The lowest BCUT2D eigenvalue weighted by Crippen LogP contribution is -2.73. The number of carbonyl (C=O) groups excluding carboxylic acids is 2. The maximum atomic E-state index is 12.7. The molecule has 0 aromatic carbocycles. The summed E-state index contributed by atoms with van der Waals surface area (Å²) in [4.78, 5) is 30.9. The monoisotopic (exact) mass is 325 g/mol. The number of aliphatic hydroxyl groups is 1. The Balaban J connectivity index is 2.31. The van der Waals surface area contributed by atoms with Crippen molar-refractivity contribution in [2.75, 3.05) is 26.2 Å². The summed E-state index contributed by atoms with van der Waals surface area (Å²) >= 11 is 0. The molecule has 2 rings (SSSR count). The molecule has 0 aromatic rings. The van der Waals surface area contributed by atoms with Gasteiger partial charge in [0.05, 0.1) is 13.2 Å². The molecule has 2 fully saturated rings. The van der Waals surface area contributed by atoms with Crippen molar-refractivity contribution in [3.8, 4) is 0 Å². The lowest BCUT2D eigenvalue weighted by atomic mass is 9.97. The van der Waals surface area contributed by atoms with Gasteiger partial charge in [0.25, 0.3) is 0 Å². The largest absolute Gasteiger partial charge is 0.394 e. The van der Waals surface area contributed by atoms with Crippen molar-refractivity contribution >= 4 is 11.8 Å². The van der Waals surface area contributed by atoms with Crippen LogP contribution in [0.1, 0.15) is 47.5 Å². The molecule has 2 amide bonds. The van der Waals surface area contributed by atoms with Crippen LogP contribution in [0.15, 0.2) is 0 Å². The molecule has 0 radical (unpaired) electrons. The summed E-state index contributed by atoms with van der Waals surface area (Å²) in [5.41, 5.74) is -0.0912. The molecule has 1 N–H and O–H groups in total. The molecule has 6 heteroatoms. The highest BCUT2D eigenvalue weighted by molar-refractivity contribution is 5.89. The van der Waals surface area contributed by atoms with Crippen LogP contribution in [0.2, 0.25) is 0 Å². The van der Waals surface area contributed by atoms with Crippen LogP contribution in [-0.4, -0.2) is 75.6 Å². The minimum atomic E-state index is -0.740. The van der Waals surface area contributed by atoms with E-state index in [0.717, 1.165) is 6.42 Å². The Morgan fingerprint density at radius 1 is 1.30 bits per heavy atom. The standard InChI is InChI=1S/C17H31N3O3/c1-6-12(2)9-18-10-14-19(17(3,4)5)8-7-15(22)20(14)13(11-21)16(18)23/h12-14,21H,6-11H2,1-5H3. The first-order valence-electron chi connectivity index (χ1n) is 8.68. The Labute approximate surface area is 139 Å². The Morgan fingerprint density at radius 3 is 2.48 bits per heavy atom. The molecule has 2 heterocycles. The molecule has 2 aliphatic rings. The molecule has 3 atom stereocenters. The molecule has 3 unspecified atom stereocenters. The smallest absolute Gasteiger partial charge is 0.247 e. The third-order valence-corrected chi connectivity index (χ3v) is 5.12. The molecule has 0 aliphatic carbocycles. The van der Waals surface area contributed by atoms with Crippen LogP contribution in [0.25, 0.3) is 0 Å². The average Bonchev–Trinajstić information content (AvgIpc) is 2.47. The van der Waals surface area contributed by atoms with Gasteiger partial charge in [-0.2, -0.15) is 0 Å². The molecule has 0 spiro atoms. The van der Waals surface area contributed by atoms with E-state index in [0.29, 0.717) is 32.0 Å². The average molecular weight is 325 g/mol. The molecular weight excluding hydrogens is 294 g/mol. The van der Waals surface area contributed by atoms with E-state index in [4.69, 9.17) is 0 Å². The zero-order valence-corrected chi connectivity index (χ0v) is 15.1. The van der Waals surface area contributed by atoms with Crippen LogP contribution in [-0.2, 0) is 9.59 Å². The van der Waals surface area contributed by atoms with Gasteiger partial charge >= 0.3 is 0 Å². The predicted octanol–water partition coefficient (Wildman–Crippen LogP) is 0.894. The van der Waals surface area contributed by atoms with Gasteiger partial charge in [0.2, 0.25) is 11.8 Å². The number of amides is 2. The van der Waals surface area contributed by atoms with E-state index < -0.39 is 6.04 Å². The van der Waals surface area contributed by atoms with Crippen molar-refractivity contribution in [3.63, 3.8) is 0 Å². The first-order chi connectivity index (χ1) is 10.7. The molecule has 0 saturated carbocycles. The molecule has 132 valence electrons. The topological polar surface area (TPSA) is 64.1 Å². The molecule has 2 saturated heterocycles. The SMILES string of the molecule is CCC(C)CN1CC2N(C(=O)CCN2C(C)(C)C)C(CO)C1=O. The normalized spacial score (nSPS) is 28.1. The van der Waals surface area contributed by atoms with Crippen molar-refractivity contribution < 1.29 is 14.7 Å². The minimum absolute atomic E-state index is 0.0221. The Morgan fingerprint density at radius 2 is 1.96 bits per heavy atom. The lowest BCUT2D eigenvalue weighted by molar-refractivity contribution is -0.178. The fraction of sp³-hybridized carbons (Fsp3) is 0.882. The van der Waals surface area contributed by atoms with Crippen LogP contribution in [0.5, 0.6) is 0 Å². The zero-order valence-electron chi connectivity index (χ0n) is 15.1. The second-order valence-electron chi connectivity index (χ2n) is 7.85. The van der Waals surface area contributed by atoms with Crippen molar-refractivity contribution in [2.45, 2.75) is 65.2 Å². The second-order valence-corrected chi connectivity index (χ2v) is 7.85. The first-order valence-corrected chi connectivity index (χ1v) is 8.68. The van der Waals surface area contributed by atoms with Gasteiger partial charge in [-0.25, -0.2) is 0 Å². The van der Waals surface area contributed by atoms with Crippen molar-refractivity contribution in [2.24, 2.45) is 5.92 Å². The number of nitrogens with zero attached hydrogens (tertiary/aromatic N) is 3. The van der Waals surface area contributed by atoms with E-state index in [-0.39, 0.29) is 30.1 Å². The Kier molecular flexibility index (Phi) is 5.36. The summed E-state index contributed by atoms with van der Waals surface area (Å²) < 4.78 is 0. The third-order valence-electron chi connectivity index (χ3n) is 5.12. The minimum Gasteiger partial charge on any atom is -0.394 e. The highest BCUT2D eigenvalue weighted by Crippen LogP contribution is 2.30. The van der Waals surface area contributed by atoms with Gasteiger partial charge in [0.1, 0.15) is 12.2 Å². The van der Waals surface area contributed by atoms with E-state index in [1.54, 1.807) is 4.90 Å². The fourth-order valence-electron chi connectivity index (χ4n) is 3.61. The van der Waals surface area contributed by atoms with E-state index in [2.05, 4.69) is 39.5 Å². The summed E-state index contributed by atoms with van der Waals surface area (Å²) in [5.74, 6) is 0.270. The number of aliphatic hydroxyl groups excluding tert-OH is 1. The van der Waals surface area contributed by atoms with E-state index >= 15 is 0 Å². The van der Waals surface area contributed by atoms with Crippen LogP contribution >= 0.6 is 0 Å². The summed E-state index contributed by atoms with van der Waals surface area (Å²) in [6.07, 6.45) is 1.27. The summed E-state index contributed by atoms with van der Waals surface area (Å²) in [6, 6.07) is -0.740. The van der Waals surface area contributed by atoms with Crippen molar-refractivity contribution in [1.82, 2.24) is 14.7 Å². The fourth-order valence-corrected chi connectivity index (χ4v) is 3.61. The van der Waals surface area contributed by atoms with Gasteiger partial charge in [-0.1, -0.05) is 20.3 Å². The first kappa shape index (κ1) is 18.2. The molecule has 0 aromatic heterocycles. The lowest BCUT2D eigenvalue weighted by Gasteiger charge is -2.55. The number of hydrogen-bond donors (Lipinski definition) is 1. The van der Waals surface area contributed by atoms with Gasteiger partial charge in [-0.15, -0.1) is 0 Å². The highest BCUT2D eigenvalue weighted by atomic mass is 16.3. The van der Waals surface area contributed by atoms with Gasteiger partial charge in [-0.05, 0) is 26.7 Å². The van der Waals surface area contributed by atoms with Gasteiger partial charge in [0, 0.05) is 25.0 Å². The molecule has 0 bridgehead atoms. The predicted molar refractivity (Wildman–Crippen MR) is 88.6 cm³/mol. The Hall–Kier alpha value is -1.14. The second kappa shape index (κ2) is 6.77. The van der Waals surface area contributed by atoms with Crippen LogP contribution in [0.3, 0.4) is 0 Å². The van der Waals surface area contributed by atoms with Crippen LogP contribution in [0.4, 0.5) is 0 Å². The van der Waals surface area contributed by atoms with Gasteiger partial charge in [-0.3, -0.25) is 14.5 Å². The number of carbonyl (C=O) groups is 2. The number of piperazine rings is 1. The highest BCUT2D eigenvalue weighted by Gasteiger charge is 2.49. The molecule has 6 nitrogen and oxygen atoms in total. The zero-order chi connectivity index (χ0) is 17.4. The summed E-state index contributed by atoms with van der Waals surface area (Å²) in [6.45, 7) is 12.2. The van der Waals surface area contributed by atoms with E-state index in [9.17, 15) is 14.7 Å².